The van der Waals surface area contributed by atoms with E-state index in [0.717, 1.165) is 43.5 Å². The van der Waals surface area contributed by atoms with E-state index in [1.807, 2.05) is 38.1 Å². The van der Waals surface area contributed by atoms with Crippen molar-refractivity contribution in [3.05, 3.63) is 29.8 Å². The van der Waals surface area contributed by atoms with Crippen molar-refractivity contribution in [1.82, 2.24) is 5.32 Å². The first-order valence-electron chi connectivity index (χ1n) is 8.66. The highest BCUT2D eigenvalue weighted by molar-refractivity contribution is 5.92. The number of nitrogens with one attached hydrogen (secondary N) is 2. The predicted molar refractivity (Wildman–Crippen MR) is 93.4 cm³/mol. The fraction of sp³-hybridized carbons (Fsp3) is 0.579. The largest absolute Gasteiger partial charge is 0.355 e. The molecule has 0 radical (unpaired) electrons. The second kappa shape index (κ2) is 7.62. The van der Waals surface area contributed by atoms with Gasteiger partial charge >= 0.3 is 0 Å². The molecule has 2 N–H and O–H groups in total. The van der Waals surface area contributed by atoms with E-state index >= 15 is 0 Å². The number of anilines is 1. The molecule has 0 aliphatic heterocycles. The summed E-state index contributed by atoms with van der Waals surface area (Å²) in [6.07, 6.45) is 4.43. The summed E-state index contributed by atoms with van der Waals surface area (Å²) < 4.78 is 0. The molecular formula is C19H28N2O2. The van der Waals surface area contributed by atoms with Crippen molar-refractivity contribution in [3.63, 3.8) is 0 Å². The van der Waals surface area contributed by atoms with E-state index in [2.05, 4.69) is 17.6 Å². The summed E-state index contributed by atoms with van der Waals surface area (Å²) in [6, 6.07) is 7.73. The van der Waals surface area contributed by atoms with Gasteiger partial charge in [-0.05, 0) is 42.9 Å². The maximum absolute atomic E-state index is 12.4. The number of hydrogen-bond acceptors (Lipinski definition) is 2. The van der Waals surface area contributed by atoms with Crippen LogP contribution in [0.2, 0.25) is 0 Å². The maximum Gasteiger partial charge on any atom is 0.230 e. The number of rotatable bonds is 8. The second-order valence-electron chi connectivity index (χ2n) is 6.92. The van der Waals surface area contributed by atoms with Crippen LogP contribution in [0.15, 0.2) is 24.3 Å². The third-order valence-corrected chi connectivity index (χ3v) is 4.32. The Morgan fingerprint density at radius 3 is 2.35 bits per heavy atom. The molecule has 1 fully saturated rings. The summed E-state index contributed by atoms with van der Waals surface area (Å²) in [5.74, 6) is 0.518. The zero-order chi connectivity index (χ0) is 16.9. The Kier molecular flexibility index (Phi) is 5.80. The molecule has 0 aromatic heterocycles. The maximum atomic E-state index is 12.4. The standard InChI is InChI=1S/C19H28N2O2/c1-4-5-12-20-18(23)19(10-11-19)15-6-8-16(9-7-15)21-17(22)13-14(2)3/h6-9,14H,4-5,10-13H2,1-3H3,(H,20,23)(H,21,22). The SMILES string of the molecule is CCCCNC(=O)C1(c2ccc(NC(=O)CC(C)C)cc2)CC1. The van der Waals surface area contributed by atoms with Gasteiger partial charge in [-0.1, -0.05) is 39.3 Å². The Bertz CT molecular complexity index is 545. The number of unbranched alkanes of at least 4 members (excludes halogenated alkanes) is 1. The molecule has 1 aromatic rings. The minimum atomic E-state index is -0.339. The third kappa shape index (κ3) is 4.57. The molecule has 1 aromatic carbocycles. The van der Waals surface area contributed by atoms with Crippen molar-refractivity contribution in [2.24, 2.45) is 5.92 Å². The van der Waals surface area contributed by atoms with Gasteiger partial charge in [0, 0.05) is 18.7 Å². The van der Waals surface area contributed by atoms with Crippen LogP contribution in [0.1, 0.15) is 58.4 Å². The first-order chi connectivity index (χ1) is 11.0. The first-order valence-corrected chi connectivity index (χ1v) is 8.66. The molecule has 0 atom stereocenters. The lowest BCUT2D eigenvalue weighted by Gasteiger charge is -2.16. The van der Waals surface area contributed by atoms with Crippen molar-refractivity contribution in [1.29, 1.82) is 0 Å². The minimum absolute atomic E-state index is 0.0335. The van der Waals surface area contributed by atoms with Crippen molar-refractivity contribution < 1.29 is 9.59 Å². The lowest BCUT2D eigenvalue weighted by atomic mass is 9.94. The van der Waals surface area contributed by atoms with Gasteiger partial charge < -0.3 is 10.6 Å². The van der Waals surface area contributed by atoms with E-state index in [-0.39, 0.29) is 17.2 Å². The Labute approximate surface area is 139 Å². The average molecular weight is 316 g/mol. The van der Waals surface area contributed by atoms with E-state index in [1.54, 1.807) is 0 Å². The molecule has 4 heteroatoms. The number of benzene rings is 1. The molecule has 0 spiro atoms. The van der Waals surface area contributed by atoms with Gasteiger partial charge in [-0.3, -0.25) is 9.59 Å². The van der Waals surface area contributed by atoms with Crippen LogP contribution < -0.4 is 10.6 Å². The van der Waals surface area contributed by atoms with Crippen LogP contribution >= 0.6 is 0 Å². The topological polar surface area (TPSA) is 58.2 Å². The highest BCUT2D eigenvalue weighted by Gasteiger charge is 2.50. The molecule has 2 amide bonds. The van der Waals surface area contributed by atoms with Gasteiger partial charge in [0.1, 0.15) is 0 Å². The summed E-state index contributed by atoms with van der Waals surface area (Å²) in [6.45, 7) is 6.92. The molecule has 0 saturated heterocycles. The van der Waals surface area contributed by atoms with Crippen LogP contribution in [0.4, 0.5) is 5.69 Å². The van der Waals surface area contributed by atoms with Crippen molar-refractivity contribution in [2.75, 3.05) is 11.9 Å². The van der Waals surface area contributed by atoms with Crippen LogP contribution in [-0.4, -0.2) is 18.4 Å². The number of hydrogen-bond donors (Lipinski definition) is 2. The molecule has 1 aliphatic rings. The Balaban J connectivity index is 1.96. The first kappa shape index (κ1) is 17.5. The predicted octanol–water partition coefficient (Wildman–Crippen LogP) is 3.62. The average Bonchev–Trinajstić information content (AvgIpc) is 3.29. The van der Waals surface area contributed by atoms with Crippen molar-refractivity contribution in [2.45, 2.75) is 58.3 Å². The smallest absolute Gasteiger partial charge is 0.230 e. The Hall–Kier alpha value is -1.84. The van der Waals surface area contributed by atoms with Crippen molar-refractivity contribution >= 4 is 17.5 Å². The molecule has 4 nitrogen and oxygen atoms in total. The van der Waals surface area contributed by atoms with Crippen LogP contribution in [-0.2, 0) is 15.0 Å². The zero-order valence-electron chi connectivity index (χ0n) is 14.4. The monoisotopic (exact) mass is 316 g/mol. The van der Waals surface area contributed by atoms with Gasteiger partial charge in [0.05, 0.1) is 5.41 Å². The van der Waals surface area contributed by atoms with Gasteiger partial charge in [-0.2, -0.15) is 0 Å². The summed E-state index contributed by atoms with van der Waals surface area (Å²) in [5.41, 5.74) is 1.50. The summed E-state index contributed by atoms with van der Waals surface area (Å²) in [7, 11) is 0. The van der Waals surface area contributed by atoms with Gasteiger partial charge in [0.25, 0.3) is 0 Å². The molecule has 126 valence electrons. The Morgan fingerprint density at radius 2 is 1.83 bits per heavy atom. The fourth-order valence-electron chi connectivity index (χ4n) is 2.78. The molecular weight excluding hydrogens is 288 g/mol. The number of amides is 2. The van der Waals surface area contributed by atoms with E-state index in [0.29, 0.717) is 12.3 Å². The lowest BCUT2D eigenvalue weighted by molar-refractivity contribution is -0.123. The number of carbonyl (C=O) groups excluding carboxylic acids is 2. The molecule has 0 unspecified atom stereocenters. The molecule has 0 heterocycles. The normalized spacial score (nSPS) is 15.3. The third-order valence-electron chi connectivity index (χ3n) is 4.32. The highest BCUT2D eigenvalue weighted by atomic mass is 16.2. The van der Waals surface area contributed by atoms with Crippen LogP contribution in [0.25, 0.3) is 0 Å². The summed E-state index contributed by atoms with van der Waals surface area (Å²) >= 11 is 0. The summed E-state index contributed by atoms with van der Waals surface area (Å²) in [4.78, 5) is 24.2. The minimum Gasteiger partial charge on any atom is -0.355 e. The summed E-state index contributed by atoms with van der Waals surface area (Å²) in [5, 5.41) is 5.95. The van der Waals surface area contributed by atoms with Gasteiger partial charge in [0.2, 0.25) is 11.8 Å². The highest BCUT2D eigenvalue weighted by Crippen LogP contribution is 2.48. The van der Waals surface area contributed by atoms with Gasteiger partial charge in [0.15, 0.2) is 0 Å². The van der Waals surface area contributed by atoms with Gasteiger partial charge in [-0.25, -0.2) is 0 Å². The van der Waals surface area contributed by atoms with Gasteiger partial charge in [-0.15, -0.1) is 0 Å². The molecule has 0 bridgehead atoms. The van der Waals surface area contributed by atoms with Crippen LogP contribution in [0, 0.1) is 5.92 Å². The molecule has 1 saturated carbocycles. The van der Waals surface area contributed by atoms with Crippen LogP contribution in [0.5, 0.6) is 0 Å². The zero-order valence-corrected chi connectivity index (χ0v) is 14.4. The van der Waals surface area contributed by atoms with E-state index < -0.39 is 0 Å². The number of carbonyl (C=O) groups is 2. The molecule has 2 rings (SSSR count). The van der Waals surface area contributed by atoms with Crippen molar-refractivity contribution in [3.8, 4) is 0 Å². The van der Waals surface area contributed by atoms with Crippen LogP contribution in [0.3, 0.4) is 0 Å². The van der Waals surface area contributed by atoms with E-state index in [1.165, 1.54) is 0 Å². The quantitative estimate of drug-likeness (QED) is 0.720. The van der Waals surface area contributed by atoms with E-state index in [4.69, 9.17) is 0 Å². The molecule has 1 aliphatic carbocycles. The Morgan fingerprint density at radius 1 is 1.17 bits per heavy atom. The lowest BCUT2D eigenvalue weighted by Crippen LogP contribution is -2.35. The van der Waals surface area contributed by atoms with E-state index in [9.17, 15) is 9.59 Å². The second-order valence-corrected chi connectivity index (χ2v) is 6.92. The molecule has 23 heavy (non-hydrogen) atoms. The fourth-order valence-corrected chi connectivity index (χ4v) is 2.78.